The van der Waals surface area contributed by atoms with E-state index in [1.165, 1.54) is 0 Å². The third-order valence-electron chi connectivity index (χ3n) is 4.15. The average molecular weight is 246 g/mol. The van der Waals surface area contributed by atoms with Crippen LogP contribution in [0.25, 0.3) is 0 Å². The zero-order chi connectivity index (χ0) is 11.8. The van der Waals surface area contributed by atoms with E-state index in [0.717, 1.165) is 38.5 Å². The molecule has 0 bridgehead atoms. The van der Waals surface area contributed by atoms with Gasteiger partial charge in [0.2, 0.25) is 10.0 Å². The molecule has 1 saturated carbocycles. The van der Waals surface area contributed by atoms with Crippen molar-refractivity contribution in [2.45, 2.75) is 56.2 Å². The quantitative estimate of drug-likeness (QED) is 0.810. The predicted molar refractivity (Wildman–Crippen MR) is 64.6 cm³/mol. The number of sulfonamides is 1. The van der Waals surface area contributed by atoms with Crippen molar-refractivity contribution in [1.29, 1.82) is 0 Å². The van der Waals surface area contributed by atoms with Crippen molar-refractivity contribution >= 4 is 10.0 Å². The fourth-order valence-corrected chi connectivity index (χ4v) is 5.46. The number of nitrogens with zero attached hydrogens (tertiary/aromatic N) is 1. The molecule has 0 spiro atoms. The van der Waals surface area contributed by atoms with E-state index in [-0.39, 0.29) is 10.8 Å². The number of hydrogen-bond donors (Lipinski definition) is 1. The molecule has 0 aromatic heterocycles. The summed E-state index contributed by atoms with van der Waals surface area (Å²) in [5.41, 5.74) is 5.42. The van der Waals surface area contributed by atoms with Crippen molar-refractivity contribution < 1.29 is 8.42 Å². The molecule has 5 heteroatoms. The minimum absolute atomic E-state index is 0.142. The zero-order valence-electron chi connectivity index (χ0n) is 9.98. The molecule has 94 valence electrons. The number of hydrogen-bond acceptors (Lipinski definition) is 3. The lowest BCUT2D eigenvalue weighted by molar-refractivity contribution is 0.271. The van der Waals surface area contributed by atoms with Crippen molar-refractivity contribution in [2.75, 3.05) is 13.1 Å². The summed E-state index contributed by atoms with van der Waals surface area (Å²) in [7, 11) is -3.10. The molecule has 1 aliphatic carbocycles. The van der Waals surface area contributed by atoms with Crippen LogP contribution in [0, 0.1) is 0 Å². The SMILES string of the molecule is CC1(CN)CCCN1S(=O)(=O)C1CCCC1. The summed E-state index contributed by atoms with van der Waals surface area (Å²) < 4.78 is 26.7. The Hall–Kier alpha value is -0.130. The predicted octanol–water partition coefficient (Wildman–Crippen LogP) is 1.07. The third kappa shape index (κ3) is 1.89. The third-order valence-corrected chi connectivity index (χ3v) is 6.70. The highest BCUT2D eigenvalue weighted by Crippen LogP contribution is 2.36. The number of rotatable bonds is 3. The van der Waals surface area contributed by atoms with Crippen LogP contribution in [0.5, 0.6) is 0 Å². The minimum atomic E-state index is -3.10. The van der Waals surface area contributed by atoms with Gasteiger partial charge in [-0.25, -0.2) is 8.42 Å². The van der Waals surface area contributed by atoms with Crippen molar-refractivity contribution in [3.63, 3.8) is 0 Å². The Morgan fingerprint density at radius 1 is 1.31 bits per heavy atom. The van der Waals surface area contributed by atoms with Crippen molar-refractivity contribution in [3.05, 3.63) is 0 Å². The first kappa shape index (κ1) is 12.3. The second-order valence-electron chi connectivity index (χ2n) is 5.33. The van der Waals surface area contributed by atoms with E-state index >= 15 is 0 Å². The zero-order valence-corrected chi connectivity index (χ0v) is 10.8. The Balaban J connectivity index is 2.22. The van der Waals surface area contributed by atoms with E-state index in [1.54, 1.807) is 4.31 Å². The molecule has 0 amide bonds. The van der Waals surface area contributed by atoms with E-state index < -0.39 is 10.0 Å². The molecule has 0 radical (unpaired) electrons. The van der Waals surface area contributed by atoms with Crippen LogP contribution in [-0.2, 0) is 10.0 Å². The Kier molecular flexibility index (Phi) is 3.29. The Labute approximate surface area is 98.2 Å². The highest BCUT2D eigenvalue weighted by molar-refractivity contribution is 7.89. The van der Waals surface area contributed by atoms with Gasteiger partial charge < -0.3 is 5.73 Å². The minimum Gasteiger partial charge on any atom is -0.329 e. The van der Waals surface area contributed by atoms with Gasteiger partial charge >= 0.3 is 0 Å². The van der Waals surface area contributed by atoms with Gasteiger partial charge in [0.25, 0.3) is 0 Å². The van der Waals surface area contributed by atoms with Gasteiger partial charge in [-0.1, -0.05) is 12.8 Å². The van der Waals surface area contributed by atoms with Crippen LogP contribution in [0.3, 0.4) is 0 Å². The van der Waals surface area contributed by atoms with E-state index in [9.17, 15) is 8.42 Å². The monoisotopic (exact) mass is 246 g/mol. The van der Waals surface area contributed by atoms with Gasteiger partial charge in [-0.05, 0) is 32.6 Å². The molecular formula is C11H22N2O2S. The summed E-state index contributed by atoms with van der Waals surface area (Å²) in [4.78, 5) is 0. The van der Waals surface area contributed by atoms with Crippen LogP contribution in [-0.4, -0.2) is 36.6 Å². The summed E-state index contributed by atoms with van der Waals surface area (Å²) >= 11 is 0. The van der Waals surface area contributed by atoms with Gasteiger partial charge in [-0.2, -0.15) is 4.31 Å². The first-order valence-electron chi connectivity index (χ1n) is 6.22. The van der Waals surface area contributed by atoms with Crippen molar-refractivity contribution in [2.24, 2.45) is 5.73 Å². The molecule has 1 atom stereocenters. The van der Waals surface area contributed by atoms with Gasteiger partial charge in [0.1, 0.15) is 0 Å². The van der Waals surface area contributed by atoms with Crippen molar-refractivity contribution in [1.82, 2.24) is 4.31 Å². The van der Waals surface area contributed by atoms with Crippen LogP contribution < -0.4 is 5.73 Å². The molecule has 2 fully saturated rings. The first-order valence-corrected chi connectivity index (χ1v) is 7.73. The van der Waals surface area contributed by atoms with Gasteiger partial charge in [-0.15, -0.1) is 0 Å². The lowest BCUT2D eigenvalue weighted by Crippen LogP contribution is -2.52. The molecule has 16 heavy (non-hydrogen) atoms. The highest BCUT2D eigenvalue weighted by atomic mass is 32.2. The van der Waals surface area contributed by atoms with Crippen LogP contribution in [0.4, 0.5) is 0 Å². The van der Waals surface area contributed by atoms with E-state index in [4.69, 9.17) is 5.73 Å². The molecule has 0 aromatic carbocycles. The molecule has 4 nitrogen and oxygen atoms in total. The lowest BCUT2D eigenvalue weighted by Gasteiger charge is -2.35. The Morgan fingerprint density at radius 3 is 2.50 bits per heavy atom. The molecule has 1 saturated heterocycles. The van der Waals surface area contributed by atoms with Crippen molar-refractivity contribution in [3.8, 4) is 0 Å². The van der Waals surface area contributed by atoms with E-state index in [0.29, 0.717) is 13.1 Å². The maximum Gasteiger partial charge on any atom is 0.217 e. The maximum absolute atomic E-state index is 12.5. The number of nitrogens with two attached hydrogens (primary N) is 1. The van der Waals surface area contributed by atoms with Gasteiger partial charge in [0, 0.05) is 18.6 Å². The summed E-state index contributed by atoms with van der Waals surface area (Å²) in [5.74, 6) is 0. The fourth-order valence-electron chi connectivity index (χ4n) is 3.00. The Morgan fingerprint density at radius 2 is 1.94 bits per heavy atom. The molecule has 2 aliphatic rings. The van der Waals surface area contributed by atoms with Crippen LogP contribution in [0.2, 0.25) is 0 Å². The summed E-state index contributed by atoms with van der Waals surface area (Å²) in [5, 5.41) is -0.142. The standard InChI is InChI=1S/C11H22N2O2S/c1-11(9-12)7-4-8-13(11)16(14,15)10-5-2-3-6-10/h10H,2-9,12H2,1H3. The molecule has 1 unspecified atom stereocenters. The van der Waals surface area contributed by atoms with Crippen LogP contribution in [0.15, 0.2) is 0 Å². The van der Waals surface area contributed by atoms with Crippen LogP contribution >= 0.6 is 0 Å². The van der Waals surface area contributed by atoms with Crippen LogP contribution in [0.1, 0.15) is 45.4 Å². The smallest absolute Gasteiger partial charge is 0.217 e. The summed E-state index contributed by atoms with van der Waals surface area (Å²) in [6.45, 7) is 3.07. The summed E-state index contributed by atoms with van der Waals surface area (Å²) in [6, 6.07) is 0. The topological polar surface area (TPSA) is 63.4 Å². The summed E-state index contributed by atoms with van der Waals surface area (Å²) in [6.07, 6.45) is 5.61. The molecule has 1 heterocycles. The molecule has 2 rings (SSSR count). The first-order chi connectivity index (χ1) is 7.50. The molecule has 2 N–H and O–H groups in total. The second kappa shape index (κ2) is 4.27. The van der Waals surface area contributed by atoms with E-state index in [2.05, 4.69) is 0 Å². The molecular weight excluding hydrogens is 224 g/mol. The highest BCUT2D eigenvalue weighted by Gasteiger charge is 2.46. The molecule has 0 aromatic rings. The molecule has 1 aliphatic heterocycles. The average Bonchev–Trinajstić information content (AvgIpc) is 2.86. The second-order valence-corrected chi connectivity index (χ2v) is 7.47. The van der Waals surface area contributed by atoms with E-state index in [1.807, 2.05) is 6.92 Å². The van der Waals surface area contributed by atoms with Gasteiger partial charge in [0.05, 0.1) is 5.25 Å². The maximum atomic E-state index is 12.5. The largest absolute Gasteiger partial charge is 0.329 e. The normalized spacial score (nSPS) is 33.6. The van der Waals surface area contributed by atoms with Gasteiger partial charge in [-0.3, -0.25) is 0 Å². The lowest BCUT2D eigenvalue weighted by atomic mass is 10.0. The fraction of sp³-hybridized carbons (Fsp3) is 1.00. The van der Waals surface area contributed by atoms with Gasteiger partial charge in [0.15, 0.2) is 0 Å². The Bertz CT molecular complexity index is 349.